The van der Waals surface area contributed by atoms with E-state index < -0.39 is 0 Å². The molecule has 0 saturated heterocycles. The van der Waals surface area contributed by atoms with Crippen molar-refractivity contribution in [3.8, 4) is 0 Å². The first-order valence-electron chi connectivity index (χ1n) is 4.65. The Balaban J connectivity index is 4.00. The van der Waals surface area contributed by atoms with Crippen LogP contribution in [0.15, 0.2) is 47.3 Å². The number of hydrogen-bond donors (Lipinski definition) is 0. The second-order valence-corrected chi connectivity index (χ2v) is 5.04. The summed E-state index contributed by atoms with van der Waals surface area (Å²) in [6, 6.07) is 0. The van der Waals surface area contributed by atoms with Gasteiger partial charge in [-0.2, -0.15) is 0 Å². The lowest BCUT2D eigenvalue weighted by atomic mass is 10.4. The zero-order chi connectivity index (χ0) is 10.8. The zero-order valence-electron chi connectivity index (χ0n) is 8.95. The van der Waals surface area contributed by atoms with Crippen molar-refractivity contribution in [2.24, 2.45) is 0 Å². The van der Waals surface area contributed by atoms with E-state index in [1.54, 1.807) is 0 Å². The van der Waals surface area contributed by atoms with Crippen LogP contribution in [0.1, 0.15) is 26.7 Å². The van der Waals surface area contributed by atoms with Crippen molar-refractivity contribution in [2.45, 2.75) is 26.7 Å². The summed E-state index contributed by atoms with van der Waals surface area (Å²) in [7, 11) is 3.62. The minimum atomic E-state index is 0.958. The summed E-state index contributed by atoms with van der Waals surface area (Å²) in [6.07, 6.45) is 10.1. The summed E-state index contributed by atoms with van der Waals surface area (Å²) in [6.45, 7) is 11.6. The molecule has 0 aliphatic carbocycles. The average Bonchev–Trinajstić information content (AvgIpc) is 2.22. The Bertz CT molecular complexity index is 211. The molecule has 0 aromatic carbocycles. The fraction of sp³-hybridized carbons (Fsp3) is 0.333. The van der Waals surface area contributed by atoms with E-state index in [4.69, 9.17) is 0 Å². The van der Waals surface area contributed by atoms with Crippen LogP contribution in [0.2, 0.25) is 0 Å². The van der Waals surface area contributed by atoms with E-state index in [0.29, 0.717) is 0 Å². The number of hydrogen-bond acceptors (Lipinski definition) is 2. The third-order valence-electron chi connectivity index (χ3n) is 1.59. The predicted molar refractivity (Wildman–Crippen MR) is 72.3 cm³/mol. The first kappa shape index (κ1) is 13.7. The first-order chi connectivity index (χ1) is 6.78. The lowest BCUT2D eigenvalue weighted by Gasteiger charge is -2.04. The molecule has 0 atom stereocenters. The third kappa shape index (κ3) is 6.17. The summed E-state index contributed by atoms with van der Waals surface area (Å²) < 4.78 is 0. The van der Waals surface area contributed by atoms with Gasteiger partial charge in [-0.3, -0.25) is 0 Å². The van der Waals surface area contributed by atoms with Crippen molar-refractivity contribution < 1.29 is 0 Å². The smallest absolute Gasteiger partial charge is 0.00346 e. The van der Waals surface area contributed by atoms with E-state index in [9.17, 15) is 0 Å². The summed E-state index contributed by atoms with van der Waals surface area (Å²) in [5.74, 6) is 0. The van der Waals surface area contributed by atoms with Gasteiger partial charge in [0, 0.05) is 0 Å². The normalized spacial score (nSPS) is 12.7. The van der Waals surface area contributed by atoms with Crippen molar-refractivity contribution >= 4 is 21.6 Å². The predicted octanol–water partition coefficient (Wildman–Crippen LogP) is 5.33. The molecule has 0 amide bonds. The van der Waals surface area contributed by atoms with Crippen LogP contribution in [0.5, 0.6) is 0 Å². The Hall–Kier alpha value is -0.340. The molecule has 0 unspecified atom stereocenters. The van der Waals surface area contributed by atoms with Crippen LogP contribution in [0.3, 0.4) is 0 Å². The first-order valence-corrected chi connectivity index (χ1v) is 6.80. The minimum absolute atomic E-state index is 0.958. The highest BCUT2D eigenvalue weighted by Gasteiger charge is 1.99. The second kappa shape index (κ2) is 9.22. The molecule has 78 valence electrons. The monoisotopic (exact) mass is 226 g/mol. The molecular weight excluding hydrogens is 208 g/mol. The van der Waals surface area contributed by atoms with Gasteiger partial charge in [0.25, 0.3) is 0 Å². The van der Waals surface area contributed by atoms with Gasteiger partial charge in [0.2, 0.25) is 0 Å². The maximum atomic E-state index is 3.74. The molecule has 0 aromatic heterocycles. The molecule has 0 N–H and O–H groups in total. The maximum absolute atomic E-state index is 3.74. The Labute approximate surface area is 95.6 Å². The van der Waals surface area contributed by atoms with Crippen LogP contribution in [-0.2, 0) is 0 Å². The summed E-state index contributed by atoms with van der Waals surface area (Å²) >= 11 is 0. The zero-order valence-corrected chi connectivity index (χ0v) is 10.6. The van der Waals surface area contributed by atoms with Crippen molar-refractivity contribution in [2.75, 3.05) is 0 Å². The molecule has 0 heterocycles. The van der Waals surface area contributed by atoms with Crippen molar-refractivity contribution in [3.05, 3.63) is 47.3 Å². The number of allylic oxidation sites excluding steroid dienone is 6. The fourth-order valence-corrected chi connectivity index (χ4v) is 3.20. The molecule has 0 saturated carbocycles. The molecular formula is C12H18S2. The average molecular weight is 226 g/mol. The van der Waals surface area contributed by atoms with Crippen molar-refractivity contribution in [1.29, 1.82) is 0 Å². The molecule has 0 aromatic rings. The van der Waals surface area contributed by atoms with Gasteiger partial charge in [-0.1, -0.05) is 45.9 Å². The highest BCUT2D eigenvalue weighted by Crippen LogP contribution is 2.39. The Morgan fingerprint density at radius 1 is 0.929 bits per heavy atom. The van der Waals surface area contributed by atoms with Gasteiger partial charge >= 0.3 is 0 Å². The van der Waals surface area contributed by atoms with Crippen LogP contribution in [0.4, 0.5) is 0 Å². The van der Waals surface area contributed by atoms with Gasteiger partial charge in [-0.15, -0.1) is 13.2 Å². The molecule has 2 heteroatoms. The second-order valence-electron chi connectivity index (χ2n) is 2.66. The van der Waals surface area contributed by atoms with E-state index in [1.807, 2.05) is 33.7 Å². The highest BCUT2D eigenvalue weighted by atomic mass is 33.1. The van der Waals surface area contributed by atoms with Gasteiger partial charge in [-0.05, 0) is 36.5 Å². The summed E-state index contributed by atoms with van der Waals surface area (Å²) in [5.41, 5.74) is 0. The van der Waals surface area contributed by atoms with Gasteiger partial charge in [0.05, 0.1) is 0 Å². The van der Waals surface area contributed by atoms with Crippen LogP contribution >= 0.6 is 21.6 Å². The van der Waals surface area contributed by atoms with Crippen LogP contribution in [0, 0.1) is 0 Å². The van der Waals surface area contributed by atoms with Crippen LogP contribution < -0.4 is 0 Å². The third-order valence-corrected chi connectivity index (χ3v) is 4.44. The van der Waals surface area contributed by atoms with Gasteiger partial charge < -0.3 is 0 Å². The van der Waals surface area contributed by atoms with E-state index in [2.05, 4.69) is 39.2 Å². The van der Waals surface area contributed by atoms with E-state index >= 15 is 0 Å². The van der Waals surface area contributed by atoms with E-state index in [0.717, 1.165) is 12.8 Å². The Kier molecular flexibility index (Phi) is 9.00. The fourth-order valence-electron chi connectivity index (χ4n) is 0.792. The molecule has 0 aliphatic heterocycles. The minimum Gasteiger partial charge on any atom is -0.103 e. The molecule has 0 radical (unpaired) electrons. The van der Waals surface area contributed by atoms with E-state index in [1.165, 1.54) is 9.81 Å². The van der Waals surface area contributed by atoms with Gasteiger partial charge in [0.15, 0.2) is 0 Å². The lowest BCUT2D eigenvalue weighted by Crippen LogP contribution is -1.73. The molecule has 0 nitrogen and oxygen atoms in total. The quantitative estimate of drug-likeness (QED) is 0.425. The van der Waals surface area contributed by atoms with Crippen LogP contribution in [0.25, 0.3) is 0 Å². The van der Waals surface area contributed by atoms with Gasteiger partial charge in [0.1, 0.15) is 0 Å². The topological polar surface area (TPSA) is 0 Å². The molecule has 0 rings (SSSR count). The van der Waals surface area contributed by atoms with E-state index in [-0.39, 0.29) is 0 Å². The standard InChI is InChI=1S/C12H18S2/c1-5-9-11(7-3)13-14-12(8-4)10-6-2/h5-8H,1-2,9-10H2,3-4H3/b11-7-,12-8-. The molecule has 0 aliphatic rings. The van der Waals surface area contributed by atoms with Crippen molar-refractivity contribution in [1.82, 2.24) is 0 Å². The molecule has 0 bridgehead atoms. The van der Waals surface area contributed by atoms with Crippen LogP contribution in [-0.4, -0.2) is 0 Å². The summed E-state index contributed by atoms with van der Waals surface area (Å²) in [4.78, 5) is 2.71. The van der Waals surface area contributed by atoms with Crippen molar-refractivity contribution in [3.63, 3.8) is 0 Å². The SMILES string of the molecule is C=CC/C(=C/C)SS/C(=C\C)CC=C. The lowest BCUT2D eigenvalue weighted by molar-refractivity contribution is 1.35. The molecule has 0 fully saturated rings. The molecule has 14 heavy (non-hydrogen) atoms. The maximum Gasteiger partial charge on any atom is -0.00346 e. The molecule has 0 spiro atoms. The Morgan fingerprint density at radius 2 is 1.29 bits per heavy atom. The summed E-state index contributed by atoms with van der Waals surface area (Å²) in [5, 5.41) is 0. The van der Waals surface area contributed by atoms with Gasteiger partial charge in [-0.25, -0.2) is 0 Å². The number of rotatable bonds is 7. The Morgan fingerprint density at radius 3 is 1.50 bits per heavy atom. The highest BCUT2D eigenvalue weighted by molar-refractivity contribution is 8.79. The largest absolute Gasteiger partial charge is 0.103 e.